The van der Waals surface area contributed by atoms with E-state index in [9.17, 15) is 9.18 Å². The van der Waals surface area contributed by atoms with E-state index in [4.69, 9.17) is 4.52 Å². The number of nitrogens with zero attached hydrogens (tertiary/aromatic N) is 4. The van der Waals surface area contributed by atoms with E-state index < -0.39 is 6.04 Å². The highest BCUT2D eigenvalue weighted by Gasteiger charge is 2.22. The summed E-state index contributed by atoms with van der Waals surface area (Å²) in [4.78, 5) is 21.3. The minimum Gasteiger partial charge on any atom is -0.342 e. The van der Waals surface area contributed by atoms with E-state index in [0.717, 1.165) is 0 Å². The average Bonchev–Trinajstić information content (AvgIpc) is 3.29. The summed E-state index contributed by atoms with van der Waals surface area (Å²) in [5, 5.41) is 6.96. The highest BCUT2D eigenvalue weighted by Crippen LogP contribution is 2.22. The molecule has 0 aliphatic heterocycles. The lowest BCUT2D eigenvalue weighted by atomic mass is 9.96. The lowest BCUT2D eigenvalue weighted by Crippen LogP contribution is -2.31. The standard InChI is InChI=1S/C21H26FN5O2/c1-21(2,3)20-25-17(29-26-20)10-6-9-16(28)24-18(19-23-11-12-27(19)4)14-7-5-8-15(22)13-14/h5,7-8,11-13,18H,6,9-10H2,1-4H3,(H,24,28). The minimum atomic E-state index is -0.533. The summed E-state index contributed by atoms with van der Waals surface area (Å²) in [6.45, 7) is 6.04. The molecule has 0 radical (unpaired) electrons. The van der Waals surface area contributed by atoms with Crippen LogP contribution in [-0.2, 0) is 23.7 Å². The molecule has 0 aliphatic carbocycles. The van der Waals surface area contributed by atoms with Crippen LogP contribution in [0.1, 0.15) is 62.8 Å². The third kappa shape index (κ3) is 5.28. The molecule has 3 aromatic rings. The van der Waals surface area contributed by atoms with Gasteiger partial charge < -0.3 is 14.4 Å². The van der Waals surface area contributed by atoms with Crippen molar-refractivity contribution in [3.63, 3.8) is 0 Å². The van der Waals surface area contributed by atoms with Crippen LogP contribution in [0.25, 0.3) is 0 Å². The Labute approximate surface area is 169 Å². The highest BCUT2D eigenvalue weighted by atomic mass is 19.1. The SMILES string of the molecule is Cn1ccnc1C(NC(=O)CCCc1nc(C(C)(C)C)no1)c1cccc(F)c1. The lowest BCUT2D eigenvalue weighted by Gasteiger charge is -2.19. The van der Waals surface area contributed by atoms with Crippen molar-refractivity contribution in [2.75, 3.05) is 0 Å². The van der Waals surface area contributed by atoms with Crippen LogP contribution in [0, 0.1) is 5.82 Å². The van der Waals surface area contributed by atoms with Gasteiger partial charge in [-0.2, -0.15) is 4.98 Å². The number of imidazole rings is 1. The Balaban J connectivity index is 1.63. The molecule has 1 N–H and O–H groups in total. The van der Waals surface area contributed by atoms with E-state index in [1.165, 1.54) is 12.1 Å². The number of amides is 1. The van der Waals surface area contributed by atoms with Gasteiger partial charge in [0, 0.05) is 37.7 Å². The summed E-state index contributed by atoms with van der Waals surface area (Å²) >= 11 is 0. The number of hydrogen-bond donors (Lipinski definition) is 1. The average molecular weight is 399 g/mol. The Bertz CT molecular complexity index is 973. The molecule has 0 aliphatic rings. The van der Waals surface area contributed by atoms with E-state index in [1.807, 2.05) is 32.4 Å². The number of halogens is 1. The first kappa shape index (κ1) is 20.7. The van der Waals surface area contributed by atoms with Crippen molar-refractivity contribution in [1.82, 2.24) is 25.0 Å². The molecule has 29 heavy (non-hydrogen) atoms. The maximum atomic E-state index is 13.7. The van der Waals surface area contributed by atoms with Gasteiger partial charge in [-0.05, 0) is 24.1 Å². The van der Waals surface area contributed by atoms with Crippen molar-refractivity contribution < 1.29 is 13.7 Å². The fourth-order valence-corrected chi connectivity index (χ4v) is 2.93. The molecule has 0 bridgehead atoms. The van der Waals surface area contributed by atoms with Crippen LogP contribution in [-0.4, -0.2) is 25.6 Å². The summed E-state index contributed by atoms with van der Waals surface area (Å²) in [6.07, 6.45) is 4.80. The van der Waals surface area contributed by atoms with Crippen LogP contribution < -0.4 is 5.32 Å². The van der Waals surface area contributed by atoms with Gasteiger partial charge in [-0.15, -0.1) is 0 Å². The number of carbonyl (C=O) groups excluding carboxylic acids is 1. The summed E-state index contributed by atoms with van der Waals surface area (Å²) < 4.78 is 20.8. The third-order valence-corrected chi connectivity index (χ3v) is 4.54. The molecule has 1 atom stereocenters. The Hall–Kier alpha value is -3.03. The molecule has 154 valence electrons. The van der Waals surface area contributed by atoms with Crippen LogP contribution in [0.3, 0.4) is 0 Å². The second kappa shape index (κ2) is 8.55. The van der Waals surface area contributed by atoms with Crippen molar-refractivity contribution in [2.45, 2.75) is 51.5 Å². The minimum absolute atomic E-state index is 0.155. The molecule has 0 saturated carbocycles. The molecule has 8 heteroatoms. The van der Waals surface area contributed by atoms with Gasteiger partial charge in [0.05, 0.1) is 0 Å². The van der Waals surface area contributed by atoms with Crippen molar-refractivity contribution in [3.8, 4) is 0 Å². The zero-order valence-corrected chi connectivity index (χ0v) is 17.1. The van der Waals surface area contributed by atoms with Crippen LogP contribution in [0.2, 0.25) is 0 Å². The number of benzene rings is 1. The van der Waals surface area contributed by atoms with Gasteiger partial charge in [0.15, 0.2) is 5.82 Å². The number of rotatable bonds is 7. The fraction of sp³-hybridized carbons (Fsp3) is 0.429. The predicted octanol–water partition coefficient (Wildman–Crippen LogP) is 3.47. The molecule has 2 heterocycles. The van der Waals surface area contributed by atoms with Gasteiger partial charge in [0.2, 0.25) is 11.8 Å². The molecule has 0 fully saturated rings. The topological polar surface area (TPSA) is 85.8 Å². The van der Waals surface area contributed by atoms with E-state index in [2.05, 4.69) is 20.4 Å². The van der Waals surface area contributed by atoms with Gasteiger partial charge >= 0.3 is 0 Å². The van der Waals surface area contributed by atoms with Crippen molar-refractivity contribution in [1.29, 1.82) is 0 Å². The summed E-state index contributed by atoms with van der Waals surface area (Å²) in [7, 11) is 1.84. The molecule has 0 spiro atoms. The number of carbonyl (C=O) groups is 1. The van der Waals surface area contributed by atoms with Gasteiger partial charge in [-0.3, -0.25) is 4.79 Å². The van der Waals surface area contributed by atoms with E-state index in [-0.39, 0.29) is 23.6 Å². The van der Waals surface area contributed by atoms with Gasteiger partial charge in [-0.1, -0.05) is 38.1 Å². The Morgan fingerprint density at radius 1 is 1.34 bits per heavy atom. The normalized spacial score (nSPS) is 12.7. The molecule has 1 amide bonds. The molecule has 1 aromatic carbocycles. The maximum absolute atomic E-state index is 13.7. The van der Waals surface area contributed by atoms with E-state index in [0.29, 0.717) is 35.9 Å². The smallest absolute Gasteiger partial charge is 0.226 e. The lowest BCUT2D eigenvalue weighted by molar-refractivity contribution is -0.121. The van der Waals surface area contributed by atoms with Crippen LogP contribution in [0.15, 0.2) is 41.2 Å². The molecular formula is C21H26FN5O2. The van der Waals surface area contributed by atoms with Gasteiger partial charge in [0.25, 0.3) is 0 Å². The summed E-state index contributed by atoms with van der Waals surface area (Å²) in [6, 6.07) is 5.64. The van der Waals surface area contributed by atoms with Gasteiger partial charge in [0.1, 0.15) is 17.7 Å². The van der Waals surface area contributed by atoms with Crippen molar-refractivity contribution in [2.24, 2.45) is 7.05 Å². The van der Waals surface area contributed by atoms with Crippen LogP contribution in [0.4, 0.5) is 4.39 Å². The maximum Gasteiger partial charge on any atom is 0.226 e. The second-order valence-corrected chi connectivity index (χ2v) is 8.07. The molecule has 7 nitrogen and oxygen atoms in total. The first-order valence-electron chi connectivity index (χ1n) is 9.59. The first-order chi connectivity index (χ1) is 13.7. The zero-order chi connectivity index (χ0) is 21.0. The third-order valence-electron chi connectivity index (χ3n) is 4.54. The zero-order valence-electron chi connectivity index (χ0n) is 17.1. The highest BCUT2D eigenvalue weighted by molar-refractivity contribution is 5.76. The van der Waals surface area contributed by atoms with Gasteiger partial charge in [-0.25, -0.2) is 9.37 Å². The van der Waals surface area contributed by atoms with Crippen molar-refractivity contribution >= 4 is 5.91 Å². The number of aryl methyl sites for hydroxylation is 2. The monoisotopic (exact) mass is 399 g/mol. The molecular weight excluding hydrogens is 373 g/mol. The number of aromatic nitrogens is 4. The van der Waals surface area contributed by atoms with Crippen molar-refractivity contribution in [3.05, 3.63) is 65.6 Å². The van der Waals surface area contributed by atoms with E-state index >= 15 is 0 Å². The number of hydrogen-bond acceptors (Lipinski definition) is 5. The van der Waals surface area contributed by atoms with Crippen LogP contribution in [0.5, 0.6) is 0 Å². The predicted molar refractivity (Wildman–Crippen MR) is 106 cm³/mol. The molecule has 2 aromatic heterocycles. The first-order valence-corrected chi connectivity index (χ1v) is 9.59. The molecule has 3 rings (SSSR count). The largest absolute Gasteiger partial charge is 0.342 e. The van der Waals surface area contributed by atoms with E-state index in [1.54, 1.807) is 24.5 Å². The van der Waals surface area contributed by atoms with Crippen LogP contribution >= 0.6 is 0 Å². The Morgan fingerprint density at radius 2 is 2.14 bits per heavy atom. The summed E-state index contributed by atoms with van der Waals surface area (Å²) in [5.41, 5.74) is 0.457. The Kier molecular flexibility index (Phi) is 6.10. The molecule has 0 saturated heterocycles. The summed E-state index contributed by atoms with van der Waals surface area (Å²) in [5.74, 6) is 1.29. The number of nitrogens with one attached hydrogen (secondary N) is 1. The fourth-order valence-electron chi connectivity index (χ4n) is 2.93. The Morgan fingerprint density at radius 3 is 2.76 bits per heavy atom. The quantitative estimate of drug-likeness (QED) is 0.657. The molecule has 1 unspecified atom stereocenters. The second-order valence-electron chi connectivity index (χ2n) is 8.07.